The highest BCUT2D eigenvalue weighted by atomic mass is 35.5. The summed E-state index contributed by atoms with van der Waals surface area (Å²) in [6.45, 7) is 8.11. The summed E-state index contributed by atoms with van der Waals surface area (Å²) in [5.74, 6) is 1.62. The molecule has 0 fully saturated rings. The second-order valence-electron chi connectivity index (χ2n) is 4.02. The molecule has 0 aliphatic carbocycles. The molecule has 86 valence electrons. The van der Waals surface area contributed by atoms with E-state index in [0.717, 1.165) is 17.9 Å². The lowest BCUT2D eigenvalue weighted by Gasteiger charge is -2.13. The van der Waals surface area contributed by atoms with Gasteiger partial charge in [-0.15, -0.1) is 0 Å². The van der Waals surface area contributed by atoms with Crippen LogP contribution in [0.15, 0.2) is 0 Å². The molecule has 5 heteroatoms. The second kappa shape index (κ2) is 4.01. The number of hydrogen-bond acceptors (Lipinski definition) is 3. The number of aromatic nitrogens is 4. The molecule has 0 aliphatic heterocycles. The zero-order chi connectivity index (χ0) is 11.9. The van der Waals surface area contributed by atoms with Crippen molar-refractivity contribution in [2.24, 2.45) is 0 Å². The van der Waals surface area contributed by atoms with Gasteiger partial charge >= 0.3 is 0 Å². The molecule has 0 saturated carbocycles. The zero-order valence-corrected chi connectivity index (χ0v) is 10.7. The average molecular weight is 239 g/mol. The average Bonchev–Trinajstić information content (AvgIpc) is 2.54. The Hall–Kier alpha value is -1.16. The van der Waals surface area contributed by atoms with Crippen LogP contribution in [0.25, 0.3) is 11.2 Å². The minimum atomic E-state index is 0.371. The highest BCUT2D eigenvalue weighted by Gasteiger charge is 2.16. The summed E-state index contributed by atoms with van der Waals surface area (Å²) in [5, 5.41) is 0.438. The lowest BCUT2D eigenvalue weighted by atomic mass is 10.2. The van der Waals surface area contributed by atoms with E-state index in [0.29, 0.717) is 22.5 Å². The van der Waals surface area contributed by atoms with Gasteiger partial charge in [0.2, 0.25) is 0 Å². The van der Waals surface area contributed by atoms with Crippen molar-refractivity contribution in [1.29, 1.82) is 0 Å². The fourth-order valence-electron chi connectivity index (χ4n) is 1.86. The Morgan fingerprint density at radius 2 is 1.94 bits per heavy atom. The van der Waals surface area contributed by atoms with Crippen LogP contribution in [-0.2, 0) is 0 Å². The number of fused-ring (bicyclic) bond motifs is 1. The molecular formula is C11H15ClN4. The van der Waals surface area contributed by atoms with E-state index in [1.54, 1.807) is 0 Å². The summed E-state index contributed by atoms with van der Waals surface area (Å²) in [6, 6.07) is 0.371. The van der Waals surface area contributed by atoms with Crippen LogP contribution in [-0.4, -0.2) is 19.5 Å². The molecular weight excluding hydrogens is 224 g/mol. The molecule has 16 heavy (non-hydrogen) atoms. The van der Waals surface area contributed by atoms with E-state index in [4.69, 9.17) is 11.6 Å². The third-order valence-electron chi connectivity index (χ3n) is 2.82. The minimum Gasteiger partial charge on any atom is -0.310 e. The van der Waals surface area contributed by atoms with Crippen LogP contribution < -0.4 is 0 Å². The van der Waals surface area contributed by atoms with Crippen LogP contribution in [0.3, 0.4) is 0 Å². The molecule has 0 aliphatic rings. The Labute approximate surface area is 99.7 Å². The number of hydrogen-bond donors (Lipinski definition) is 0. The molecule has 0 amide bonds. The van der Waals surface area contributed by atoms with Crippen molar-refractivity contribution in [2.45, 2.75) is 40.2 Å². The number of aryl methyl sites for hydroxylation is 2. The molecule has 0 bridgehead atoms. The third kappa shape index (κ3) is 1.67. The van der Waals surface area contributed by atoms with Crippen LogP contribution in [0.2, 0.25) is 5.15 Å². The molecule has 4 nitrogen and oxygen atoms in total. The van der Waals surface area contributed by atoms with E-state index in [2.05, 4.69) is 33.4 Å². The first-order valence-electron chi connectivity index (χ1n) is 5.43. The largest absolute Gasteiger partial charge is 0.310 e. The van der Waals surface area contributed by atoms with Crippen molar-refractivity contribution in [1.82, 2.24) is 19.5 Å². The van der Waals surface area contributed by atoms with Crippen molar-refractivity contribution in [3.05, 3.63) is 16.8 Å². The van der Waals surface area contributed by atoms with Gasteiger partial charge in [0, 0.05) is 6.04 Å². The van der Waals surface area contributed by atoms with Crippen LogP contribution in [0.1, 0.15) is 38.0 Å². The van der Waals surface area contributed by atoms with E-state index >= 15 is 0 Å². The van der Waals surface area contributed by atoms with Crippen LogP contribution in [0, 0.1) is 13.8 Å². The van der Waals surface area contributed by atoms with E-state index in [1.807, 2.05) is 13.8 Å². The van der Waals surface area contributed by atoms with E-state index in [9.17, 15) is 0 Å². The standard InChI is InChI=1S/C11H15ClN4/c1-5-6(2)16-8(4)15-9-10(12)13-7(3)14-11(9)16/h6H,5H2,1-4H3. The molecule has 1 unspecified atom stereocenters. The summed E-state index contributed by atoms with van der Waals surface area (Å²) >= 11 is 6.07. The fourth-order valence-corrected chi connectivity index (χ4v) is 2.11. The second-order valence-corrected chi connectivity index (χ2v) is 4.38. The van der Waals surface area contributed by atoms with Crippen LogP contribution in [0.4, 0.5) is 0 Å². The van der Waals surface area contributed by atoms with Gasteiger partial charge in [-0.05, 0) is 27.2 Å². The van der Waals surface area contributed by atoms with Gasteiger partial charge < -0.3 is 4.57 Å². The molecule has 2 rings (SSSR count). The molecule has 0 N–H and O–H groups in total. The fraction of sp³-hybridized carbons (Fsp3) is 0.545. The van der Waals surface area contributed by atoms with Crippen molar-refractivity contribution >= 4 is 22.8 Å². The van der Waals surface area contributed by atoms with Crippen molar-refractivity contribution in [3.63, 3.8) is 0 Å². The first kappa shape index (κ1) is 11.3. The lowest BCUT2D eigenvalue weighted by Crippen LogP contribution is -2.07. The van der Waals surface area contributed by atoms with Gasteiger partial charge in [0.1, 0.15) is 17.2 Å². The van der Waals surface area contributed by atoms with Gasteiger partial charge in [0.15, 0.2) is 10.8 Å². The summed E-state index contributed by atoms with van der Waals surface area (Å²) in [6.07, 6.45) is 1.03. The predicted molar refractivity (Wildman–Crippen MR) is 64.8 cm³/mol. The smallest absolute Gasteiger partial charge is 0.165 e. The van der Waals surface area contributed by atoms with Gasteiger partial charge in [-0.25, -0.2) is 15.0 Å². The number of nitrogens with zero attached hydrogens (tertiary/aromatic N) is 4. The summed E-state index contributed by atoms with van der Waals surface area (Å²) in [5.41, 5.74) is 1.54. The first-order chi connectivity index (χ1) is 7.54. The number of halogens is 1. The molecule has 1 atom stereocenters. The molecule has 0 radical (unpaired) electrons. The van der Waals surface area contributed by atoms with Gasteiger partial charge in [0.25, 0.3) is 0 Å². The predicted octanol–water partition coefficient (Wildman–Crippen LogP) is 3.07. The Balaban J connectivity index is 2.78. The number of imidazole rings is 1. The maximum Gasteiger partial charge on any atom is 0.165 e. The third-order valence-corrected chi connectivity index (χ3v) is 3.08. The van der Waals surface area contributed by atoms with Crippen LogP contribution in [0.5, 0.6) is 0 Å². The van der Waals surface area contributed by atoms with Gasteiger partial charge in [-0.3, -0.25) is 0 Å². The quantitative estimate of drug-likeness (QED) is 0.756. The van der Waals surface area contributed by atoms with Crippen LogP contribution >= 0.6 is 11.6 Å². The van der Waals surface area contributed by atoms with Crippen molar-refractivity contribution in [3.8, 4) is 0 Å². The maximum absolute atomic E-state index is 6.07. The summed E-state index contributed by atoms with van der Waals surface area (Å²) in [4.78, 5) is 13.0. The normalized spacial score (nSPS) is 13.3. The van der Waals surface area contributed by atoms with E-state index in [-0.39, 0.29) is 0 Å². The van der Waals surface area contributed by atoms with E-state index < -0.39 is 0 Å². The Kier molecular flexibility index (Phi) is 2.84. The maximum atomic E-state index is 6.07. The molecule has 0 aromatic carbocycles. The van der Waals surface area contributed by atoms with Crippen molar-refractivity contribution in [2.75, 3.05) is 0 Å². The molecule has 2 aromatic rings. The first-order valence-corrected chi connectivity index (χ1v) is 5.81. The SMILES string of the molecule is CCC(C)n1c(C)nc2c(Cl)nc(C)nc21. The minimum absolute atomic E-state index is 0.371. The molecule has 2 aromatic heterocycles. The number of rotatable bonds is 2. The molecule has 0 spiro atoms. The lowest BCUT2D eigenvalue weighted by molar-refractivity contribution is 0.528. The molecule has 0 saturated heterocycles. The molecule has 2 heterocycles. The van der Waals surface area contributed by atoms with Crippen molar-refractivity contribution < 1.29 is 0 Å². The van der Waals surface area contributed by atoms with Gasteiger partial charge in [-0.2, -0.15) is 0 Å². The highest BCUT2D eigenvalue weighted by Crippen LogP contribution is 2.25. The highest BCUT2D eigenvalue weighted by molar-refractivity contribution is 6.33. The van der Waals surface area contributed by atoms with Gasteiger partial charge in [-0.1, -0.05) is 18.5 Å². The Morgan fingerprint density at radius 3 is 2.56 bits per heavy atom. The Morgan fingerprint density at radius 1 is 1.25 bits per heavy atom. The zero-order valence-electron chi connectivity index (χ0n) is 9.95. The summed E-state index contributed by atoms with van der Waals surface area (Å²) in [7, 11) is 0. The monoisotopic (exact) mass is 238 g/mol. The van der Waals surface area contributed by atoms with Gasteiger partial charge in [0.05, 0.1) is 0 Å². The Bertz CT molecular complexity index is 532. The van der Waals surface area contributed by atoms with E-state index in [1.165, 1.54) is 0 Å². The summed E-state index contributed by atoms with van der Waals surface area (Å²) < 4.78 is 2.12. The topological polar surface area (TPSA) is 43.6 Å².